The zero-order valence-electron chi connectivity index (χ0n) is 40.6. The molecule has 2 aromatic carbocycles. The summed E-state index contributed by atoms with van der Waals surface area (Å²) in [5, 5.41) is 19.9. The summed E-state index contributed by atoms with van der Waals surface area (Å²) in [4.78, 5) is 79.4. The highest BCUT2D eigenvalue weighted by molar-refractivity contribution is 5.99. The zero-order valence-corrected chi connectivity index (χ0v) is 40.6. The first kappa shape index (κ1) is 47.2. The summed E-state index contributed by atoms with van der Waals surface area (Å²) in [5.74, 6) is -1.96. The van der Waals surface area contributed by atoms with Crippen LogP contribution < -0.4 is 16.1 Å². The molecule has 6 aliphatic rings. The quantitative estimate of drug-likeness (QED) is 0.125. The van der Waals surface area contributed by atoms with Gasteiger partial charge in [0.2, 0.25) is 17.7 Å². The number of benzene rings is 2. The van der Waals surface area contributed by atoms with E-state index in [4.69, 9.17) is 14.5 Å². The van der Waals surface area contributed by atoms with E-state index in [1.54, 1.807) is 37.4 Å². The van der Waals surface area contributed by atoms with Crippen LogP contribution in [0.2, 0.25) is 0 Å². The second kappa shape index (κ2) is 18.2. The minimum Gasteiger partial charge on any atom is -0.508 e. The van der Waals surface area contributed by atoms with E-state index < -0.39 is 46.9 Å². The Labute approximate surface area is 398 Å². The van der Waals surface area contributed by atoms with E-state index in [-0.39, 0.29) is 61.1 Å². The number of hydrogen-bond donors (Lipinski definition) is 4. The first-order valence-corrected chi connectivity index (χ1v) is 24.3. The van der Waals surface area contributed by atoms with Crippen molar-refractivity contribution in [3.05, 3.63) is 71.5 Å². The number of hydrogen-bond acceptors (Lipinski definition) is 11. The number of carbonyl (C=O) groups excluding carboxylic acids is 5. The van der Waals surface area contributed by atoms with E-state index in [2.05, 4.69) is 59.6 Å². The van der Waals surface area contributed by atoms with Crippen molar-refractivity contribution < 1.29 is 38.6 Å². The molecule has 16 nitrogen and oxygen atoms in total. The SMILES string of the molecule is CCn1c(-c2cccnc2[C@H](C)OC)c2c3cc(ccc31)-c1cc(O)cc(c1)C[C@H](NC(=O)[C@H](C(C)C)N(C)C(=O)C13CC(CN1C(=O)[C@@H]1CN1)C3)C(=O)N1CCC[C@H](N1)C(=O)OCC(C)(C)C2. The first-order valence-electron chi connectivity index (χ1n) is 24.3. The predicted molar refractivity (Wildman–Crippen MR) is 256 cm³/mol. The van der Waals surface area contributed by atoms with Gasteiger partial charge in [-0.15, -0.1) is 0 Å². The van der Waals surface area contributed by atoms with Gasteiger partial charge in [-0.1, -0.05) is 39.8 Å². The molecule has 5 aliphatic heterocycles. The van der Waals surface area contributed by atoms with Gasteiger partial charge in [-0.3, -0.25) is 34.0 Å². The average molecular weight is 931 g/mol. The van der Waals surface area contributed by atoms with Crippen LogP contribution in [0.15, 0.2) is 54.7 Å². The number of likely N-dealkylation sites (N-methyl/N-ethyl adjacent to an activating group) is 1. The third-order valence-corrected chi connectivity index (χ3v) is 14.9. The van der Waals surface area contributed by atoms with Crippen molar-refractivity contribution in [1.29, 1.82) is 0 Å². The fraction of sp³-hybridized carbons (Fsp3) is 0.538. The fourth-order valence-corrected chi connectivity index (χ4v) is 11.4. The number of ether oxygens (including phenoxy) is 2. The summed E-state index contributed by atoms with van der Waals surface area (Å²) < 4.78 is 14.2. The number of fused-ring (bicyclic) bond motifs is 7. The van der Waals surface area contributed by atoms with Crippen molar-refractivity contribution in [1.82, 2.24) is 40.4 Å². The summed E-state index contributed by atoms with van der Waals surface area (Å²) in [6, 6.07) is 12.3. The lowest BCUT2D eigenvalue weighted by Gasteiger charge is -2.45. The molecule has 1 aliphatic carbocycles. The number of amides is 4. The lowest BCUT2D eigenvalue weighted by atomic mass is 9.72. The van der Waals surface area contributed by atoms with Gasteiger partial charge in [-0.05, 0) is 116 Å². The van der Waals surface area contributed by atoms with Crippen LogP contribution in [0.3, 0.4) is 0 Å². The lowest BCUT2D eigenvalue weighted by molar-refractivity contribution is -0.157. The Bertz CT molecular complexity index is 2650. The van der Waals surface area contributed by atoms with Gasteiger partial charge < -0.3 is 39.6 Å². The number of pyridine rings is 1. The van der Waals surface area contributed by atoms with Gasteiger partial charge in [0.1, 0.15) is 29.4 Å². The molecule has 5 fully saturated rings. The van der Waals surface area contributed by atoms with Crippen LogP contribution in [-0.4, -0.2) is 129 Å². The van der Waals surface area contributed by atoms with E-state index in [1.165, 1.54) is 9.91 Å². The van der Waals surface area contributed by atoms with Crippen LogP contribution >= 0.6 is 0 Å². The van der Waals surface area contributed by atoms with E-state index in [1.807, 2.05) is 39.0 Å². The van der Waals surface area contributed by atoms with Gasteiger partial charge in [0.15, 0.2) is 0 Å². The highest BCUT2D eigenvalue weighted by Gasteiger charge is 2.64. The largest absolute Gasteiger partial charge is 0.508 e. The fourth-order valence-electron chi connectivity index (χ4n) is 11.4. The molecule has 4 aromatic rings. The minimum absolute atomic E-state index is 0.00864. The standard InChI is InChI=1S/C52H66N8O8/c1-9-58-42-15-14-33-22-37(42)38(45(58)36-12-10-16-53-43(36)30(4)67-8)25-51(5,6)28-68-49(65)39-13-11-17-60(56-39)48(64)40(20-31-18-34(33)21-35(61)19-31)55-46(62)44(29(2)3)57(7)50(66)52-23-32(24-52)27-59(52)47(63)41-26-54-41/h10,12,14-16,18-19,21-22,29-30,32,39-41,44,54,56,61H,9,11,13,17,20,23-28H2,1-8H3,(H,55,62)/t30-,32?,39-,40-,41-,44-,52?/m0/s1. The molecule has 8 bridgehead atoms. The molecule has 2 aromatic heterocycles. The number of methoxy groups -OCH3 is 1. The molecule has 0 spiro atoms. The second-order valence-corrected chi connectivity index (χ2v) is 20.9. The Morgan fingerprint density at radius 1 is 1.07 bits per heavy atom. The molecule has 362 valence electrons. The highest BCUT2D eigenvalue weighted by atomic mass is 16.5. The summed E-state index contributed by atoms with van der Waals surface area (Å²) in [7, 11) is 3.28. The van der Waals surface area contributed by atoms with Gasteiger partial charge in [0, 0.05) is 74.8 Å². The predicted octanol–water partition coefficient (Wildman–Crippen LogP) is 4.90. The van der Waals surface area contributed by atoms with Gasteiger partial charge >= 0.3 is 5.97 Å². The molecule has 0 radical (unpaired) electrons. The van der Waals surface area contributed by atoms with Gasteiger partial charge in [-0.2, -0.15) is 0 Å². The summed E-state index contributed by atoms with van der Waals surface area (Å²) in [5.41, 5.74) is 8.58. The van der Waals surface area contributed by atoms with E-state index in [0.29, 0.717) is 57.3 Å². The van der Waals surface area contributed by atoms with Crippen LogP contribution in [0.1, 0.15) is 90.2 Å². The number of hydrazine groups is 1. The van der Waals surface area contributed by atoms with E-state index in [9.17, 15) is 29.1 Å². The molecule has 4 N–H and O–H groups in total. The Morgan fingerprint density at radius 2 is 1.84 bits per heavy atom. The molecule has 0 unspecified atom stereocenters. The number of aromatic nitrogens is 2. The van der Waals surface area contributed by atoms with Crippen molar-refractivity contribution >= 4 is 40.5 Å². The number of nitrogens with one attached hydrogen (secondary N) is 3. The maximum Gasteiger partial charge on any atom is 0.324 e. The Morgan fingerprint density at radius 3 is 2.54 bits per heavy atom. The van der Waals surface area contributed by atoms with Crippen molar-refractivity contribution in [2.45, 2.75) is 122 Å². The molecule has 68 heavy (non-hydrogen) atoms. The number of aromatic hydroxyl groups is 1. The van der Waals surface area contributed by atoms with E-state index in [0.717, 1.165) is 44.5 Å². The first-order chi connectivity index (χ1) is 32.4. The maximum atomic E-state index is 14.8. The zero-order chi connectivity index (χ0) is 48.4. The molecule has 16 heteroatoms. The molecular formula is C52H66N8O8. The van der Waals surface area contributed by atoms with Crippen molar-refractivity contribution in [2.24, 2.45) is 17.3 Å². The van der Waals surface area contributed by atoms with Gasteiger partial charge in [-0.25, -0.2) is 5.43 Å². The monoisotopic (exact) mass is 931 g/mol. The number of aryl methyl sites for hydroxylation is 1. The Hall–Kier alpha value is -5.84. The van der Waals surface area contributed by atoms with Crippen LogP contribution in [0.5, 0.6) is 5.75 Å². The molecule has 4 amide bonds. The second-order valence-electron chi connectivity index (χ2n) is 20.9. The van der Waals surface area contributed by atoms with E-state index >= 15 is 0 Å². The Kier molecular flexibility index (Phi) is 12.7. The smallest absolute Gasteiger partial charge is 0.324 e. The third-order valence-electron chi connectivity index (χ3n) is 14.9. The number of esters is 1. The number of cyclic esters (lactones) is 1. The Balaban J connectivity index is 1.11. The molecule has 7 heterocycles. The summed E-state index contributed by atoms with van der Waals surface area (Å²) in [6.07, 6.45) is 4.09. The minimum atomic E-state index is -1.17. The van der Waals surface area contributed by atoms with Crippen LogP contribution in [-0.2, 0) is 52.8 Å². The number of rotatable bonds is 10. The van der Waals surface area contributed by atoms with Gasteiger partial charge in [0.25, 0.3) is 5.91 Å². The summed E-state index contributed by atoms with van der Waals surface area (Å²) >= 11 is 0. The van der Waals surface area contributed by atoms with Crippen LogP contribution in [0, 0.1) is 17.3 Å². The number of phenols is 1. The highest BCUT2D eigenvalue weighted by Crippen LogP contribution is 2.52. The molecule has 1 saturated carbocycles. The summed E-state index contributed by atoms with van der Waals surface area (Å²) in [6.45, 7) is 14.1. The molecular weight excluding hydrogens is 865 g/mol. The van der Waals surface area contributed by atoms with Crippen LogP contribution in [0.25, 0.3) is 33.3 Å². The molecule has 10 rings (SSSR count). The molecule has 5 atom stereocenters. The third kappa shape index (κ3) is 8.63. The normalized spacial score (nSPS) is 25.3. The number of nitrogens with zero attached hydrogens (tertiary/aromatic N) is 5. The molecule has 4 saturated heterocycles. The van der Waals surface area contributed by atoms with Crippen molar-refractivity contribution in [2.75, 3.05) is 40.4 Å². The number of carbonyl (C=O) groups is 5. The van der Waals surface area contributed by atoms with Crippen LogP contribution in [0.4, 0.5) is 0 Å². The van der Waals surface area contributed by atoms with Crippen molar-refractivity contribution in [3.63, 3.8) is 0 Å². The average Bonchev–Trinajstić information content (AvgIpc) is 3.90. The maximum absolute atomic E-state index is 14.8. The lowest BCUT2D eigenvalue weighted by Crippen LogP contribution is -2.65. The van der Waals surface area contributed by atoms with Crippen molar-refractivity contribution in [3.8, 4) is 28.1 Å². The topological polar surface area (TPSA) is 198 Å². The van der Waals surface area contributed by atoms with Gasteiger partial charge in [0.05, 0.1) is 30.1 Å². The number of phenolic OH excluding ortho intramolecular Hbond substituents is 1.